The van der Waals surface area contributed by atoms with E-state index in [4.69, 9.17) is 10.2 Å². The van der Waals surface area contributed by atoms with Crippen LogP contribution in [0.3, 0.4) is 0 Å². The quantitative estimate of drug-likeness (QED) is 0.625. The van der Waals surface area contributed by atoms with Gasteiger partial charge in [-0.1, -0.05) is 12.8 Å². The number of amides is 2. The van der Waals surface area contributed by atoms with E-state index in [1.54, 1.807) is 16.7 Å². The Morgan fingerprint density at radius 2 is 2.05 bits per heavy atom. The molecule has 0 radical (unpaired) electrons. The van der Waals surface area contributed by atoms with E-state index in [1.807, 2.05) is 6.26 Å². The Bertz CT molecular complexity index is 321. The first-order valence-electron chi connectivity index (χ1n) is 7.00. The monoisotopic (exact) mass is 304 g/mol. The third-order valence-corrected chi connectivity index (χ3v) is 4.22. The number of thioether (sulfide) groups is 1. The first-order chi connectivity index (χ1) is 9.60. The van der Waals surface area contributed by atoms with Crippen molar-refractivity contribution in [3.8, 4) is 0 Å². The maximum absolute atomic E-state index is 12.2. The van der Waals surface area contributed by atoms with Crippen LogP contribution in [0.1, 0.15) is 32.1 Å². The van der Waals surface area contributed by atoms with E-state index in [9.17, 15) is 9.59 Å². The summed E-state index contributed by atoms with van der Waals surface area (Å²) in [5.74, 6) is -0.330. The van der Waals surface area contributed by atoms with Gasteiger partial charge in [-0.25, -0.2) is 9.59 Å². The molecule has 1 aliphatic carbocycles. The van der Waals surface area contributed by atoms with Crippen molar-refractivity contribution in [2.75, 3.05) is 25.2 Å². The molecule has 1 atom stereocenters. The fourth-order valence-electron chi connectivity index (χ4n) is 2.50. The number of carbonyl (C=O) groups is 2. The van der Waals surface area contributed by atoms with Crippen molar-refractivity contribution in [3.05, 3.63) is 0 Å². The van der Waals surface area contributed by atoms with E-state index >= 15 is 0 Å². The Morgan fingerprint density at radius 3 is 2.55 bits per heavy atom. The predicted octanol–water partition coefficient (Wildman–Crippen LogP) is 1.14. The van der Waals surface area contributed by atoms with Crippen molar-refractivity contribution >= 4 is 23.8 Å². The zero-order valence-corrected chi connectivity index (χ0v) is 12.7. The number of aliphatic hydroxyl groups excluding tert-OH is 1. The van der Waals surface area contributed by atoms with Crippen LogP contribution in [-0.2, 0) is 4.79 Å². The van der Waals surface area contributed by atoms with Gasteiger partial charge in [-0.3, -0.25) is 0 Å². The summed E-state index contributed by atoms with van der Waals surface area (Å²) in [4.78, 5) is 25.0. The molecule has 0 bridgehead atoms. The lowest BCUT2D eigenvalue weighted by Crippen LogP contribution is -2.51. The van der Waals surface area contributed by atoms with Gasteiger partial charge < -0.3 is 20.4 Å². The van der Waals surface area contributed by atoms with Crippen LogP contribution in [0.4, 0.5) is 4.79 Å². The average molecular weight is 304 g/mol. The molecule has 0 aromatic carbocycles. The molecular weight excluding hydrogens is 280 g/mol. The fourth-order valence-corrected chi connectivity index (χ4v) is 2.97. The molecule has 0 spiro atoms. The van der Waals surface area contributed by atoms with Gasteiger partial charge >= 0.3 is 12.0 Å². The molecule has 0 aromatic heterocycles. The van der Waals surface area contributed by atoms with Crippen LogP contribution >= 0.6 is 11.8 Å². The summed E-state index contributed by atoms with van der Waals surface area (Å²) in [6, 6.07) is -1.12. The van der Waals surface area contributed by atoms with E-state index < -0.39 is 12.0 Å². The summed E-state index contributed by atoms with van der Waals surface area (Å²) in [7, 11) is 0. The first-order valence-corrected chi connectivity index (χ1v) is 8.39. The normalized spacial score (nSPS) is 16.9. The van der Waals surface area contributed by atoms with Gasteiger partial charge in [0, 0.05) is 12.6 Å². The molecule has 20 heavy (non-hydrogen) atoms. The minimum atomic E-state index is -1.01. The number of hydrogen-bond acceptors (Lipinski definition) is 4. The number of urea groups is 1. The predicted molar refractivity (Wildman–Crippen MR) is 79.0 cm³/mol. The first kappa shape index (κ1) is 17.1. The van der Waals surface area contributed by atoms with E-state index in [0.717, 1.165) is 25.7 Å². The molecule has 116 valence electrons. The smallest absolute Gasteiger partial charge is 0.326 e. The van der Waals surface area contributed by atoms with Gasteiger partial charge in [-0.15, -0.1) is 0 Å². The van der Waals surface area contributed by atoms with E-state index in [1.165, 1.54) is 0 Å². The van der Waals surface area contributed by atoms with Crippen LogP contribution in [0.25, 0.3) is 0 Å². The molecule has 2 amide bonds. The fraction of sp³-hybridized carbons (Fsp3) is 0.846. The molecule has 7 heteroatoms. The number of carbonyl (C=O) groups excluding carboxylic acids is 1. The molecule has 1 saturated carbocycles. The number of nitrogens with zero attached hydrogens (tertiary/aromatic N) is 1. The highest BCUT2D eigenvalue weighted by Gasteiger charge is 2.29. The highest BCUT2D eigenvalue weighted by molar-refractivity contribution is 7.98. The molecule has 3 N–H and O–H groups in total. The second kappa shape index (κ2) is 9.07. The van der Waals surface area contributed by atoms with Crippen LogP contribution in [0.15, 0.2) is 0 Å². The molecule has 0 heterocycles. The van der Waals surface area contributed by atoms with Gasteiger partial charge in [-0.2, -0.15) is 11.8 Å². The molecule has 1 fully saturated rings. The van der Waals surface area contributed by atoms with Gasteiger partial charge in [0.25, 0.3) is 0 Å². The van der Waals surface area contributed by atoms with Crippen molar-refractivity contribution in [3.63, 3.8) is 0 Å². The van der Waals surface area contributed by atoms with Crippen LogP contribution in [0.5, 0.6) is 0 Å². The standard InChI is InChI=1S/C13H24N2O4S/c1-20-9-6-11(12(17)18)14-13(19)15(7-8-16)10-4-2-3-5-10/h10-11,16H,2-9H2,1H3,(H,14,19)(H,17,18). The van der Waals surface area contributed by atoms with Crippen molar-refractivity contribution in [2.24, 2.45) is 0 Å². The highest BCUT2D eigenvalue weighted by Crippen LogP contribution is 2.23. The molecule has 0 aromatic rings. The van der Waals surface area contributed by atoms with E-state index in [0.29, 0.717) is 12.2 Å². The Balaban J connectivity index is 2.60. The number of carboxylic acids is 1. The number of nitrogens with one attached hydrogen (secondary N) is 1. The minimum absolute atomic E-state index is 0.105. The Hall–Kier alpha value is -0.950. The maximum Gasteiger partial charge on any atom is 0.326 e. The lowest BCUT2D eigenvalue weighted by molar-refractivity contribution is -0.139. The summed E-state index contributed by atoms with van der Waals surface area (Å²) in [6.07, 6.45) is 6.31. The Labute approximate surface area is 123 Å². The average Bonchev–Trinajstić information content (AvgIpc) is 2.93. The minimum Gasteiger partial charge on any atom is -0.480 e. The lowest BCUT2D eigenvalue weighted by atomic mass is 10.2. The number of rotatable bonds is 8. The zero-order valence-electron chi connectivity index (χ0n) is 11.9. The third kappa shape index (κ3) is 5.20. The summed E-state index contributed by atoms with van der Waals surface area (Å²) in [5.41, 5.74) is 0. The van der Waals surface area contributed by atoms with Crippen molar-refractivity contribution < 1.29 is 19.8 Å². The summed E-state index contributed by atoms with van der Waals surface area (Å²) in [5, 5.41) is 20.8. The number of hydrogen-bond donors (Lipinski definition) is 3. The van der Waals surface area contributed by atoms with Crippen LogP contribution in [-0.4, -0.2) is 64.4 Å². The molecule has 1 unspecified atom stereocenters. The summed E-state index contributed by atoms with van der Waals surface area (Å²) in [6.45, 7) is 0.151. The molecule has 6 nitrogen and oxygen atoms in total. The van der Waals surface area contributed by atoms with Gasteiger partial charge in [0.1, 0.15) is 6.04 Å². The molecular formula is C13H24N2O4S. The van der Waals surface area contributed by atoms with Crippen LogP contribution < -0.4 is 5.32 Å². The van der Waals surface area contributed by atoms with Crippen LogP contribution in [0, 0.1) is 0 Å². The summed E-state index contributed by atoms with van der Waals surface area (Å²) < 4.78 is 0. The zero-order chi connectivity index (χ0) is 15.0. The molecule has 1 rings (SSSR count). The third-order valence-electron chi connectivity index (χ3n) is 3.57. The largest absolute Gasteiger partial charge is 0.480 e. The SMILES string of the molecule is CSCCC(NC(=O)N(CCO)C1CCCC1)C(=O)O. The van der Waals surface area contributed by atoms with Gasteiger partial charge in [0.2, 0.25) is 0 Å². The highest BCUT2D eigenvalue weighted by atomic mass is 32.2. The molecule has 0 saturated heterocycles. The lowest BCUT2D eigenvalue weighted by Gasteiger charge is -2.29. The Morgan fingerprint density at radius 1 is 1.40 bits per heavy atom. The number of carboxylic acid groups (broad SMARTS) is 1. The number of aliphatic carboxylic acids is 1. The summed E-state index contributed by atoms with van der Waals surface area (Å²) >= 11 is 1.55. The number of aliphatic hydroxyl groups is 1. The van der Waals surface area contributed by atoms with Crippen LogP contribution in [0.2, 0.25) is 0 Å². The van der Waals surface area contributed by atoms with Crippen molar-refractivity contribution in [1.29, 1.82) is 0 Å². The maximum atomic E-state index is 12.2. The van der Waals surface area contributed by atoms with Gasteiger partial charge in [-0.05, 0) is 31.3 Å². The Kier molecular flexibility index (Phi) is 7.76. The van der Waals surface area contributed by atoms with Crippen molar-refractivity contribution in [2.45, 2.75) is 44.2 Å². The molecule has 0 aliphatic heterocycles. The van der Waals surface area contributed by atoms with Crippen molar-refractivity contribution in [1.82, 2.24) is 10.2 Å². The second-order valence-corrected chi connectivity index (χ2v) is 5.96. The molecule has 1 aliphatic rings. The van der Waals surface area contributed by atoms with Gasteiger partial charge in [0.05, 0.1) is 6.61 Å². The van der Waals surface area contributed by atoms with E-state index in [2.05, 4.69) is 5.32 Å². The second-order valence-electron chi connectivity index (χ2n) is 4.98. The topological polar surface area (TPSA) is 89.9 Å². The van der Waals surface area contributed by atoms with E-state index in [-0.39, 0.29) is 25.2 Å². The van der Waals surface area contributed by atoms with Gasteiger partial charge in [0.15, 0.2) is 0 Å².